The molecule has 2 rings (SSSR count). The van der Waals surface area contributed by atoms with Crippen LogP contribution in [0.25, 0.3) is 0 Å². The number of hydrogen-bond acceptors (Lipinski definition) is 4. The van der Waals surface area contributed by atoms with Crippen molar-refractivity contribution in [1.29, 1.82) is 0 Å². The average Bonchev–Trinajstić information content (AvgIpc) is 2.40. The molecule has 4 nitrogen and oxygen atoms in total. The van der Waals surface area contributed by atoms with E-state index >= 15 is 0 Å². The first-order chi connectivity index (χ1) is 9.15. The van der Waals surface area contributed by atoms with Gasteiger partial charge in [0.25, 0.3) is 0 Å². The van der Waals surface area contributed by atoms with E-state index in [-0.39, 0.29) is 0 Å². The third-order valence-electron chi connectivity index (χ3n) is 3.70. The first-order valence-electron chi connectivity index (χ1n) is 7.03. The van der Waals surface area contributed by atoms with Crippen LogP contribution in [0.2, 0.25) is 0 Å². The highest BCUT2D eigenvalue weighted by Crippen LogP contribution is 2.20. The van der Waals surface area contributed by atoms with Gasteiger partial charge in [0, 0.05) is 6.54 Å². The SMILES string of the molecule is CC1CCN(CC(O)COc2ccccc2N)CC1. The Labute approximate surface area is 115 Å². The van der Waals surface area contributed by atoms with E-state index in [9.17, 15) is 5.11 Å². The molecule has 1 aliphatic rings. The molecule has 0 radical (unpaired) electrons. The largest absolute Gasteiger partial charge is 0.489 e. The standard InChI is InChI=1S/C15H24N2O2/c1-12-6-8-17(9-7-12)10-13(18)11-19-15-5-3-2-4-14(15)16/h2-5,12-13,18H,6-11,16H2,1H3. The van der Waals surface area contributed by atoms with Crippen LogP contribution in [0.15, 0.2) is 24.3 Å². The second-order valence-electron chi connectivity index (χ2n) is 5.49. The molecule has 0 aliphatic carbocycles. The van der Waals surface area contributed by atoms with Gasteiger partial charge in [-0.2, -0.15) is 0 Å². The predicted molar refractivity (Wildman–Crippen MR) is 77.2 cm³/mol. The minimum Gasteiger partial charge on any atom is -0.489 e. The molecule has 1 fully saturated rings. The maximum Gasteiger partial charge on any atom is 0.142 e. The van der Waals surface area contributed by atoms with Gasteiger partial charge in [0.2, 0.25) is 0 Å². The van der Waals surface area contributed by atoms with Crippen LogP contribution in [-0.2, 0) is 0 Å². The maximum atomic E-state index is 10.0. The van der Waals surface area contributed by atoms with Crippen LogP contribution in [-0.4, -0.2) is 42.4 Å². The summed E-state index contributed by atoms with van der Waals surface area (Å²) in [7, 11) is 0. The quantitative estimate of drug-likeness (QED) is 0.795. The van der Waals surface area contributed by atoms with Crippen LogP contribution < -0.4 is 10.5 Å². The van der Waals surface area contributed by atoms with Crippen molar-refractivity contribution in [2.45, 2.75) is 25.9 Å². The number of hydrogen-bond donors (Lipinski definition) is 2. The molecule has 1 atom stereocenters. The lowest BCUT2D eigenvalue weighted by atomic mass is 9.99. The summed E-state index contributed by atoms with van der Waals surface area (Å²) < 4.78 is 5.56. The lowest BCUT2D eigenvalue weighted by molar-refractivity contribution is 0.0565. The van der Waals surface area contributed by atoms with Gasteiger partial charge in [-0.05, 0) is 44.0 Å². The molecule has 0 amide bonds. The molecule has 3 N–H and O–H groups in total. The molecule has 106 valence electrons. The number of rotatable bonds is 5. The van der Waals surface area contributed by atoms with Crippen molar-refractivity contribution >= 4 is 5.69 Å². The third kappa shape index (κ3) is 4.40. The molecular weight excluding hydrogens is 240 g/mol. The zero-order chi connectivity index (χ0) is 13.7. The number of β-amino-alcohol motifs (C(OH)–C–C–N with tert-alkyl or cyclic N) is 1. The van der Waals surface area contributed by atoms with Gasteiger partial charge in [-0.15, -0.1) is 0 Å². The van der Waals surface area contributed by atoms with Gasteiger partial charge in [-0.25, -0.2) is 0 Å². The van der Waals surface area contributed by atoms with Gasteiger partial charge in [-0.3, -0.25) is 0 Å². The molecule has 0 spiro atoms. The summed E-state index contributed by atoms with van der Waals surface area (Å²) in [5.74, 6) is 1.46. The highest BCUT2D eigenvalue weighted by Gasteiger charge is 2.18. The summed E-state index contributed by atoms with van der Waals surface area (Å²) in [6, 6.07) is 7.37. The number of nitrogen functional groups attached to an aromatic ring is 1. The summed E-state index contributed by atoms with van der Waals surface area (Å²) in [6.07, 6.45) is 1.98. The Hall–Kier alpha value is -1.26. The normalized spacial score (nSPS) is 19.3. The van der Waals surface area contributed by atoms with E-state index in [1.54, 1.807) is 6.07 Å². The van der Waals surface area contributed by atoms with Crippen molar-refractivity contribution in [3.63, 3.8) is 0 Å². The number of piperidine rings is 1. The average molecular weight is 264 g/mol. The number of benzene rings is 1. The van der Waals surface area contributed by atoms with Crippen LogP contribution in [0.5, 0.6) is 5.75 Å². The predicted octanol–water partition coefficient (Wildman–Crippen LogP) is 1.74. The molecule has 0 bridgehead atoms. The number of aliphatic hydroxyl groups excluding tert-OH is 1. The van der Waals surface area contributed by atoms with E-state index < -0.39 is 6.10 Å². The van der Waals surface area contributed by atoms with Crippen LogP contribution in [0.4, 0.5) is 5.69 Å². The molecule has 0 saturated carbocycles. The monoisotopic (exact) mass is 264 g/mol. The molecule has 19 heavy (non-hydrogen) atoms. The zero-order valence-electron chi connectivity index (χ0n) is 11.6. The zero-order valence-corrected chi connectivity index (χ0v) is 11.6. The Bertz CT molecular complexity index is 389. The van der Waals surface area contributed by atoms with Crippen molar-refractivity contribution < 1.29 is 9.84 Å². The minimum atomic E-state index is -0.465. The molecular formula is C15H24N2O2. The van der Waals surface area contributed by atoms with Crippen LogP contribution in [0, 0.1) is 5.92 Å². The lowest BCUT2D eigenvalue weighted by Gasteiger charge is -2.31. The van der Waals surface area contributed by atoms with Gasteiger partial charge >= 0.3 is 0 Å². The van der Waals surface area contributed by atoms with Crippen molar-refractivity contribution in [3.05, 3.63) is 24.3 Å². The van der Waals surface area contributed by atoms with Crippen LogP contribution >= 0.6 is 0 Å². The van der Waals surface area contributed by atoms with Gasteiger partial charge in [0.1, 0.15) is 18.5 Å². The second-order valence-corrected chi connectivity index (χ2v) is 5.49. The fourth-order valence-corrected chi connectivity index (χ4v) is 2.39. The number of para-hydroxylation sites is 2. The van der Waals surface area contributed by atoms with Crippen molar-refractivity contribution in [1.82, 2.24) is 4.90 Å². The first-order valence-corrected chi connectivity index (χ1v) is 7.03. The molecule has 1 saturated heterocycles. The number of aliphatic hydroxyl groups is 1. The van der Waals surface area contributed by atoms with Crippen molar-refractivity contribution in [2.75, 3.05) is 32.0 Å². The smallest absolute Gasteiger partial charge is 0.142 e. The number of likely N-dealkylation sites (tertiary alicyclic amines) is 1. The van der Waals surface area contributed by atoms with E-state index in [1.807, 2.05) is 18.2 Å². The summed E-state index contributed by atoms with van der Waals surface area (Å²) in [4.78, 5) is 2.31. The number of ether oxygens (including phenoxy) is 1. The van der Waals surface area contributed by atoms with Crippen molar-refractivity contribution in [3.8, 4) is 5.75 Å². The molecule has 1 aromatic rings. The minimum absolute atomic E-state index is 0.292. The van der Waals surface area contributed by atoms with E-state index in [1.165, 1.54) is 12.8 Å². The molecule has 1 heterocycles. The topological polar surface area (TPSA) is 58.7 Å². The van der Waals surface area contributed by atoms with Gasteiger partial charge < -0.3 is 20.5 Å². The van der Waals surface area contributed by atoms with E-state index in [2.05, 4.69) is 11.8 Å². The Kier molecular flexibility index (Phi) is 5.05. The van der Waals surface area contributed by atoms with Gasteiger partial charge in [0.05, 0.1) is 5.69 Å². The Morgan fingerprint density at radius 1 is 1.37 bits per heavy atom. The van der Waals surface area contributed by atoms with Gasteiger partial charge in [0.15, 0.2) is 0 Å². The summed E-state index contributed by atoms with van der Waals surface area (Å²) in [5.41, 5.74) is 6.40. The van der Waals surface area contributed by atoms with E-state index in [0.717, 1.165) is 19.0 Å². The number of nitrogens with zero attached hydrogens (tertiary/aromatic N) is 1. The molecule has 4 heteroatoms. The summed E-state index contributed by atoms with van der Waals surface area (Å²) >= 11 is 0. The fraction of sp³-hybridized carbons (Fsp3) is 0.600. The molecule has 1 aromatic carbocycles. The lowest BCUT2D eigenvalue weighted by Crippen LogP contribution is -2.40. The fourth-order valence-electron chi connectivity index (χ4n) is 2.39. The van der Waals surface area contributed by atoms with Crippen molar-refractivity contribution in [2.24, 2.45) is 5.92 Å². The second kappa shape index (κ2) is 6.78. The third-order valence-corrected chi connectivity index (χ3v) is 3.70. The molecule has 1 aliphatic heterocycles. The highest BCUT2D eigenvalue weighted by atomic mass is 16.5. The Morgan fingerprint density at radius 3 is 2.74 bits per heavy atom. The summed E-state index contributed by atoms with van der Waals surface area (Å²) in [6.45, 7) is 5.41. The number of nitrogens with two attached hydrogens (primary N) is 1. The van der Waals surface area contributed by atoms with Crippen LogP contribution in [0.1, 0.15) is 19.8 Å². The highest BCUT2D eigenvalue weighted by molar-refractivity contribution is 5.51. The molecule has 1 unspecified atom stereocenters. The van der Waals surface area contributed by atoms with Crippen LogP contribution in [0.3, 0.4) is 0 Å². The maximum absolute atomic E-state index is 10.0. The van der Waals surface area contributed by atoms with E-state index in [4.69, 9.17) is 10.5 Å². The molecule has 0 aromatic heterocycles. The Balaban J connectivity index is 1.73. The number of anilines is 1. The summed E-state index contributed by atoms with van der Waals surface area (Å²) in [5, 5.41) is 10.0. The van der Waals surface area contributed by atoms with Gasteiger partial charge in [-0.1, -0.05) is 19.1 Å². The Morgan fingerprint density at radius 2 is 2.05 bits per heavy atom. The first kappa shape index (κ1) is 14.2. The van der Waals surface area contributed by atoms with E-state index in [0.29, 0.717) is 24.6 Å².